The number of benzene rings is 1. The van der Waals surface area contributed by atoms with E-state index in [1.165, 1.54) is 12.0 Å². The Morgan fingerprint density at radius 1 is 1.46 bits per heavy atom. The van der Waals surface area contributed by atoms with Crippen LogP contribution in [0.3, 0.4) is 0 Å². The number of amides is 1. The van der Waals surface area contributed by atoms with Gasteiger partial charge in [0, 0.05) is 24.2 Å². The Bertz CT molecular complexity index is 637. The van der Waals surface area contributed by atoms with Crippen LogP contribution in [-0.2, 0) is 16.0 Å². The first-order valence-corrected chi connectivity index (χ1v) is 7.19. The number of methoxy groups -OCH3 is 1. The molecule has 1 aliphatic heterocycles. The Hall–Kier alpha value is -2.12. The monoisotopic (exact) mass is 358 g/mol. The maximum absolute atomic E-state index is 12.5. The molecule has 0 bridgehead atoms. The molecular weight excluding hydrogens is 339 g/mol. The lowest BCUT2D eigenvalue weighted by atomic mass is 9.98. The summed E-state index contributed by atoms with van der Waals surface area (Å²) in [7, 11) is 1.29. The number of nitrogens with zero attached hydrogens (tertiary/aromatic N) is 1. The standard InChI is InChI=1S/C16H19FN2O4.ClH/c1-22-15(20)9-19-5-4-12-6-13(2-3-14(12)16(19)21)23-10-11(7-17)8-18;/h2-3,6-7H,4-5,8-10,18H2,1H3;1H/b11-7-;. The van der Waals surface area contributed by atoms with Gasteiger partial charge in [0.15, 0.2) is 0 Å². The summed E-state index contributed by atoms with van der Waals surface area (Å²) < 4.78 is 22.5. The molecular formula is C16H20ClFN2O4. The second-order valence-corrected chi connectivity index (χ2v) is 5.13. The van der Waals surface area contributed by atoms with E-state index in [-0.39, 0.29) is 38.0 Å². The summed E-state index contributed by atoms with van der Waals surface area (Å²) in [5.74, 6) is -0.116. The van der Waals surface area contributed by atoms with Crippen molar-refractivity contribution >= 4 is 24.3 Å². The Morgan fingerprint density at radius 2 is 2.21 bits per heavy atom. The predicted octanol–water partition coefficient (Wildman–Crippen LogP) is 1.47. The van der Waals surface area contributed by atoms with Gasteiger partial charge in [-0.3, -0.25) is 9.59 Å². The molecule has 6 nitrogen and oxygen atoms in total. The molecule has 2 N–H and O–H groups in total. The van der Waals surface area contributed by atoms with Gasteiger partial charge in [-0.1, -0.05) is 0 Å². The summed E-state index contributed by atoms with van der Waals surface area (Å²) in [6.45, 7) is 0.521. The van der Waals surface area contributed by atoms with Crippen LogP contribution < -0.4 is 10.5 Å². The highest BCUT2D eigenvalue weighted by Crippen LogP contribution is 2.24. The Labute approximate surface area is 145 Å². The third-order valence-corrected chi connectivity index (χ3v) is 3.63. The number of esters is 1. The van der Waals surface area contributed by atoms with Gasteiger partial charge >= 0.3 is 5.97 Å². The third kappa shape index (κ3) is 4.69. The molecule has 2 rings (SSSR count). The smallest absolute Gasteiger partial charge is 0.325 e. The zero-order chi connectivity index (χ0) is 16.8. The van der Waals surface area contributed by atoms with Crippen molar-refractivity contribution < 1.29 is 23.5 Å². The number of ether oxygens (including phenoxy) is 2. The minimum absolute atomic E-state index is 0. The van der Waals surface area contributed by atoms with Crippen LogP contribution in [0.15, 0.2) is 30.1 Å². The number of carbonyl (C=O) groups is 2. The summed E-state index contributed by atoms with van der Waals surface area (Å²) in [6.07, 6.45) is 1.05. The van der Waals surface area contributed by atoms with Crippen LogP contribution in [-0.4, -0.2) is 50.1 Å². The largest absolute Gasteiger partial charge is 0.489 e. The van der Waals surface area contributed by atoms with Crippen molar-refractivity contribution in [1.82, 2.24) is 4.90 Å². The topological polar surface area (TPSA) is 81.9 Å². The van der Waals surface area contributed by atoms with Gasteiger partial charge in [0.1, 0.15) is 18.9 Å². The number of hydrogen-bond donors (Lipinski definition) is 1. The number of hydrogen-bond acceptors (Lipinski definition) is 5. The maximum Gasteiger partial charge on any atom is 0.325 e. The average molecular weight is 359 g/mol. The zero-order valence-electron chi connectivity index (χ0n) is 13.3. The predicted molar refractivity (Wildman–Crippen MR) is 89.1 cm³/mol. The molecule has 1 heterocycles. The molecule has 1 aromatic rings. The molecule has 0 spiro atoms. The second kappa shape index (κ2) is 9.24. The van der Waals surface area contributed by atoms with Crippen LogP contribution in [0.4, 0.5) is 4.39 Å². The fourth-order valence-corrected chi connectivity index (χ4v) is 2.28. The van der Waals surface area contributed by atoms with Crippen LogP contribution in [0.1, 0.15) is 15.9 Å². The van der Waals surface area contributed by atoms with Gasteiger partial charge in [0.25, 0.3) is 5.91 Å². The number of carbonyl (C=O) groups excluding carboxylic acids is 2. The van der Waals surface area contributed by atoms with E-state index in [0.29, 0.717) is 36.2 Å². The molecule has 8 heteroatoms. The van der Waals surface area contributed by atoms with Crippen molar-refractivity contribution in [2.75, 3.05) is 33.4 Å². The Balaban J connectivity index is 0.00000288. The summed E-state index contributed by atoms with van der Waals surface area (Å²) >= 11 is 0. The summed E-state index contributed by atoms with van der Waals surface area (Å²) in [6, 6.07) is 5.05. The van der Waals surface area contributed by atoms with Crippen LogP contribution in [0, 0.1) is 0 Å². The van der Waals surface area contributed by atoms with Gasteiger partial charge < -0.3 is 20.1 Å². The van der Waals surface area contributed by atoms with Crippen molar-refractivity contribution in [3.05, 3.63) is 41.2 Å². The minimum Gasteiger partial charge on any atom is -0.489 e. The zero-order valence-corrected chi connectivity index (χ0v) is 14.1. The highest BCUT2D eigenvalue weighted by molar-refractivity contribution is 5.98. The number of rotatable bonds is 6. The summed E-state index contributed by atoms with van der Waals surface area (Å²) in [5, 5.41) is 0. The molecule has 0 fully saturated rings. The number of fused-ring (bicyclic) bond motifs is 1. The molecule has 0 atom stereocenters. The first-order chi connectivity index (χ1) is 11.1. The molecule has 0 aliphatic carbocycles. The minimum atomic E-state index is -0.450. The lowest BCUT2D eigenvalue weighted by Crippen LogP contribution is -2.41. The van der Waals surface area contributed by atoms with Crippen molar-refractivity contribution in [1.29, 1.82) is 0 Å². The molecule has 1 amide bonds. The van der Waals surface area contributed by atoms with Crippen molar-refractivity contribution in [3.8, 4) is 5.75 Å². The highest BCUT2D eigenvalue weighted by Gasteiger charge is 2.26. The molecule has 1 aromatic carbocycles. The van der Waals surface area contributed by atoms with E-state index in [0.717, 1.165) is 5.56 Å². The van der Waals surface area contributed by atoms with Crippen molar-refractivity contribution in [2.24, 2.45) is 5.73 Å². The summed E-state index contributed by atoms with van der Waals surface area (Å²) in [4.78, 5) is 25.1. The van der Waals surface area contributed by atoms with E-state index < -0.39 is 5.97 Å². The molecule has 0 aromatic heterocycles. The van der Waals surface area contributed by atoms with Gasteiger partial charge in [-0.2, -0.15) is 0 Å². The van der Waals surface area contributed by atoms with Crippen molar-refractivity contribution in [3.63, 3.8) is 0 Å². The van der Waals surface area contributed by atoms with Gasteiger partial charge in [-0.05, 0) is 30.2 Å². The SMILES string of the molecule is COC(=O)CN1CCc2cc(OC/C(=C\F)CN)ccc2C1=O.Cl. The average Bonchev–Trinajstić information content (AvgIpc) is 2.58. The first kappa shape index (κ1) is 19.9. The molecule has 0 unspecified atom stereocenters. The van der Waals surface area contributed by atoms with Gasteiger partial charge in [0.2, 0.25) is 0 Å². The van der Waals surface area contributed by atoms with Gasteiger partial charge in [-0.15, -0.1) is 12.4 Å². The van der Waals surface area contributed by atoms with E-state index in [1.807, 2.05) is 0 Å². The van der Waals surface area contributed by atoms with Crippen LogP contribution in [0.5, 0.6) is 5.75 Å². The van der Waals surface area contributed by atoms with E-state index in [2.05, 4.69) is 4.74 Å². The third-order valence-electron chi connectivity index (χ3n) is 3.63. The molecule has 0 saturated carbocycles. The number of nitrogens with two attached hydrogens (primary N) is 1. The molecule has 24 heavy (non-hydrogen) atoms. The van der Waals surface area contributed by atoms with Crippen LogP contribution >= 0.6 is 12.4 Å². The summed E-state index contributed by atoms with van der Waals surface area (Å²) in [5.41, 5.74) is 7.09. The molecule has 0 radical (unpaired) electrons. The van der Waals surface area contributed by atoms with E-state index >= 15 is 0 Å². The van der Waals surface area contributed by atoms with E-state index in [1.54, 1.807) is 18.2 Å². The molecule has 0 saturated heterocycles. The van der Waals surface area contributed by atoms with Crippen LogP contribution in [0.2, 0.25) is 0 Å². The molecule has 1 aliphatic rings. The van der Waals surface area contributed by atoms with E-state index in [9.17, 15) is 14.0 Å². The highest BCUT2D eigenvalue weighted by atomic mass is 35.5. The fourth-order valence-electron chi connectivity index (χ4n) is 2.28. The second-order valence-electron chi connectivity index (χ2n) is 5.13. The maximum atomic E-state index is 12.5. The van der Waals surface area contributed by atoms with E-state index in [4.69, 9.17) is 10.5 Å². The van der Waals surface area contributed by atoms with Gasteiger partial charge in [0.05, 0.1) is 13.4 Å². The lowest BCUT2D eigenvalue weighted by Gasteiger charge is -2.27. The van der Waals surface area contributed by atoms with Gasteiger partial charge in [-0.25, -0.2) is 4.39 Å². The Kier molecular flexibility index (Phi) is 7.67. The quantitative estimate of drug-likeness (QED) is 0.779. The first-order valence-electron chi connectivity index (χ1n) is 7.19. The number of halogens is 2. The Morgan fingerprint density at radius 3 is 2.83 bits per heavy atom. The van der Waals surface area contributed by atoms with Crippen LogP contribution in [0.25, 0.3) is 0 Å². The lowest BCUT2D eigenvalue weighted by molar-refractivity contribution is -0.141. The fraction of sp³-hybridized carbons (Fsp3) is 0.375. The van der Waals surface area contributed by atoms with Crippen molar-refractivity contribution in [2.45, 2.75) is 6.42 Å². The normalized spacial score (nSPS) is 13.9. The molecule has 132 valence electrons.